The van der Waals surface area contributed by atoms with Crippen LogP contribution in [0.3, 0.4) is 0 Å². The van der Waals surface area contributed by atoms with E-state index in [0.29, 0.717) is 0 Å². The first-order valence-electron chi connectivity index (χ1n) is 6.14. The van der Waals surface area contributed by atoms with E-state index in [9.17, 15) is 0 Å². The van der Waals surface area contributed by atoms with Crippen molar-refractivity contribution in [3.8, 4) is 11.5 Å². The molecule has 18 heavy (non-hydrogen) atoms. The van der Waals surface area contributed by atoms with E-state index < -0.39 is 0 Å². The summed E-state index contributed by atoms with van der Waals surface area (Å²) >= 11 is 0. The summed E-state index contributed by atoms with van der Waals surface area (Å²) < 4.78 is 15.7. The SMILES string of the molecule is CNC(CCCOC)c1cc(OC)cc(OC)c1. The fraction of sp³-hybridized carbons (Fsp3) is 0.571. The summed E-state index contributed by atoms with van der Waals surface area (Å²) in [5.41, 5.74) is 1.17. The maximum absolute atomic E-state index is 5.29. The molecule has 0 saturated heterocycles. The van der Waals surface area contributed by atoms with Crippen LogP contribution in [0.1, 0.15) is 24.4 Å². The molecule has 4 nitrogen and oxygen atoms in total. The molecule has 1 unspecified atom stereocenters. The molecule has 1 aromatic rings. The Balaban J connectivity index is 2.83. The highest BCUT2D eigenvalue weighted by Crippen LogP contribution is 2.28. The van der Waals surface area contributed by atoms with Crippen molar-refractivity contribution < 1.29 is 14.2 Å². The first-order chi connectivity index (χ1) is 8.74. The maximum atomic E-state index is 5.29. The van der Waals surface area contributed by atoms with E-state index in [1.807, 2.05) is 25.2 Å². The molecular weight excluding hydrogens is 230 g/mol. The van der Waals surface area contributed by atoms with Gasteiger partial charge in [-0.15, -0.1) is 0 Å². The van der Waals surface area contributed by atoms with E-state index in [-0.39, 0.29) is 6.04 Å². The fourth-order valence-corrected chi connectivity index (χ4v) is 1.94. The van der Waals surface area contributed by atoms with Crippen LogP contribution in [-0.2, 0) is 4.74 Å². The Morgan fingerprint density at radius 1 is 1.06 bits per heavy atom. The standard InChI is InChI=1S/C14H23NO3/c1-15-14(6-5-7-16-2)11-8-12(17-3)10-13(9-11)18-4/h8-10,14-15H,5-7H2,1-4H3. The van der Waals surface area contributed by atoms with Gasteiger partial charge in [0.15, 0.2) is 0 Å². The Kier molecular flexibility index (Phi) is 6.54. The van der Waals surface area contributed by atoms with Gasteiger partial charge in [0.2, 0.25) is 0 Å². The predicted octanol–water partition coefficient (Wildman–Crippen LogP) is 2.39. The smallest absolute Gasteiger partial charge is 0.122 e. The zero-order valence-corrected chi connectivity index (χ0v) is 11.7. The molecule has 0 fully saturated rings. The lowest BCUT2D eigenvalue weighted by molar-refractivity contribution is 0.189. The van der Waals surface area contributed by atoms with Crippen LogP contribution in [-0.4, -0.2) is 35.0 Å². The van der Waals surface area contributed by atoms with Gasteiger partial charge in [0.05, 0.1) is 14.2 Å². The second-order valence-electron chi connectivity index (χ2n) is 4.12. The molecule has 0 amide bonds. The van der Waals surface area contributed by atoms with Crippen molar-refractivity contribution in [3.05, 3.63) is 23.8 Å². The number of ether oxygens (including phenoxy) is 3. The maximum Gasteiger partial charge on any atom is 0.122 e. The Hall–Kier alpha value is -1.26. The second-order valence-corrected chi connectivity index (χ2v) is 4.12. The van der Waals surface area contributed by atoms with Crippen molar-refractivity contribution in [2.75, 3.05) is 35.0 Å². The minimum absolute atomic E-state index is 0.282. The van der Waals surface area contributed by atoms with Crippen LogP contribution in [0.15, 0.2) is 18.2 Å². The summed E-state index contributed by atoms with van der Waals surface area (Å²) in [4.78, 5) is 0. The van der Waals surface area contributed by atoms with Gasteiger partial charge in [0.1, 0.15) is 11.5 Å². The molecule has 1 rings (SSSR count). The Morgan fingerprint density at radius 2 is 1.67 bits per heavy atom. The molecule has 0 bridgehead atoms. The van der Waals surface area contributed by atoms with Crippen LogP contribution in [0.2, 0.25) is 0 Å². The molecule has 0 spiro atoms. The summed E-state index contributed by atoms with van der Waals surface area (Å²) in [6.07, 6.45) is 2.03. The molecule has 0 saturated carbocycles. The van der Waals surface area contributed by atoms with Gasteiger partial charge in [-0.05, 0) is 37.6 Å². The third kappa shape index (κ3) is 4.20. The normalized spacial score (nSPS) is 12.2. The van der Waals surface area contributed by atoms with Crippen LogP contribution in [0, 0.1) is 0 Å². The minimum Gasteiger partial charge on any atom is -0.497 e. The largest absolute Gasteiger partial charge is 0.497 e. The molecule has 0 radical (unpaired) electrons. The quantitative estimate of drug-likeness (QED) is 0.722. The van der Waals surface area contributed by atoms with Gasteiger partial charge in [-0.1, -0.05) is 0 Å². The van der Waals surface area contributed by atoms with E-state index >= 15 is 0 Å². The lowest BCUT2D eigenvalue weighted by Gasteiger charge is -2.18. The van der Waals surface area contributed by atoms with Crippen LogP contribution >= 0.6 is 0 Å². The van der Waals surface area contributed by atoms with Crippen molar-refractivity contribution in [3.63, 3.8) is 0 Å². The Bertz CT molecular complexity index is 333. The number of benzene rings is 1. The fourth-order valence-electron chi connectivity index (χ4n) is 1.94. The summed E-state index contributed by atoms with van der Waals surface area (Å²) in [5, 5.41) is 3.31. The van der Waals surface area contributed by atoms with Gasteiger partial charge in [0, 0.05) is 25.8 Å². The van der Waals surface area contributed by atoms with Gasteiger partial charge in [-0.25, -0.2) is 0 Å². The van der Waals surface area contributed by atoms with Crippen molar-refractivity contribution in [1.29, 1.82) is 0 Å². The number of hydrogen-bond donors (Lipinski definition) is 1. The highest BCUT2D eigenvalue weighted by atomic mass is 16.5. The lowest BCUT2D eigenvalue weighted by atomic mass is 10.0. The first-order valence-corrected chi connectivity index (χ1v) is 6.14. The van der Waals surface area contributed by atoms with Crippen molar-refractivity contribution in [2.24, 2.45) is 0 Å². The van der Waals surface area contributed by atoms with Crippen LogP contribution in [0.4, 0.5) is 0 Å². The Labute approximate surface area is 109 Å². The molecule has 0 aromatic heterocycles. The molecule has 0 aliphatic carbocycles. The molecule has 1 aromatic carbocycles. The minimum atomic E-state index is 0.282. The predicted molar refractivity (Wildman–Crippen MR) is 72.5 cm³/mol. The molecule has 1 atom stereocenters. The molecular formula is C14H23NO3. The molecule has 0 heterocycles. The van der Waals surface area contributed by atoms with Crippen molar-refractivity contribution >= 4 is 0 Å². The van der Waals surface area contributed by atoms with E-state index in [1.54, 1.807) is 21.3 Å². The number of hydrogen-bond acceptors (Lipinski definition) is 4. The van der Waals surface area contributed by atoms with E-state index in [0.717, 1.165) is 30.9 Å². The summed E-state index contributed by atoms with van der Waals surface area (Å²) in [6.45, 7) is 0.777. The van der Waals surface area contributed by atoms with Crippen LogP contribution < -0.4 is 14.8 Å². The highest BCUT2D eigenvalue weighted by molar-refractivity contribution is 5.39. The zero-order chi connectivity index (χ0) is 13.4. The van der Waals surface area contributed by atoms with E-state index in [2.05, 4.69) is 5.32 Å². The third-order valence-corrected chi connectivity index (χ3v) is 2.97. The summed E-state index contributed by atoms with van der Waals surface area (Å²) in [5.74, 6) is 1.63. The van der Waals surface area contributed by atoms with E-state index in [4.69, 9.17) is 14.2 Å². The summed E-state index contributed by atoms with van der Waals surface area (Å²) in [6, 6.07) is 6.24. The van der Waals surface area contributed by atoms with Gasteiger partial charge >= 0.3 is 0 Å². The van der Waals surface area contributed by atoms with Crippen LogP contribution in [0.5, 0.6) is 11.5 Å². The summed E-state index contributed by atoms with van der Waals surface area (Å²) in [7, 11) is 7.02. The van der Waals surface area contributed by atoms with Crippen molar-refractivity contribution in [1.82, 2.24) is 5.32 Å². The topological polar surface area (TPSA) is 39.7 Å². The third-order valence-electron chi connectivity index (χ3n) is 2.97. The van der Waals surface area contributed by atoms with Crippen LogP contribution in [0.25, 0.3) is 0 Å². The number of rotatable bonds is 8. The average Bonchev–Trinajstić information content (AvgIpc) is 2.43. The first kappa shape index (κ1) is 14.8. The van der Waals surface area contributed by atoms with Gasteiger partial charge in [-0.2, -0.15) is 0 Å². The Morgan fingerprint density at radius 3 is 2.11 bits per heavy atom. The number of nitrogens with one attached hydrogen (secondary N) is 1. The van der Waals surface area contributed by atoms with Gasteiger partial charge in [0.25, 0.3) is 0 Å². The monoisotopic (exact) mass is 253 g/mol. The lowest BCUT2D eigenvalue weighted by Crippen LogP contribution is -2.17. The van der Waals surface area contributed by atoms with Gasteiger partial charge in [-0.3, -0.25) is 0 Å². The average molecular weight is 253 g/mol. The molecule has 0 aliphatic rings. The molecule has 1 N–H and O–H groups in total. The molecule has 4 heteroatoms. The highest BCUT2D eigenvalue weighted by Gasteiger charge is 2.11. The van der Waals surface area contributed by atoms with Gasteiger partial charge < -0.3 is 19.5 Å². The second kappa shape index (κ2) is 7.95. The molecule has 0 aliphatic heterocycles. The number of methoxy groups -OCH3 is 3. The van der Waals surface area contributed by atoms with E-state index in [1.165, 1.54) is 5.56 Å². The molecule has 102 valence electrons. The zero-order valence-electron chi connectivity index (χ0n) is 11.7. The van der Waals surface area contributed by atoms with Crippen molar-refractivity contribution in [2.45, 2.75) is 18.9 Å².